The smallest absolute Gasteiger partial charge is 0.338 e. The quantitative estimate of drug-likeness (QED) is 0.526. The number of hydrogen-bond donors (Lipinski definition) is 3. The summed E-state index contributed by atoms with van der Waals surface area (Å²) in [4.78, 5) is 27.2. The molecule has 1 fully saturated rings. The van der Waals surface area contributed by atoms with Crippen molar-refractivity contribution in [3.63, 3.8) is 0 Å². The zero-order valence-corrected chi connectivity index (χ0v) is 18.6. The fourth-order valence-electron chi connectivity index (χ4n) is 3.75. The van der Waals surface area contributed by atoms with Crippen molar-refractivity contribution in [3.8, 4) is 5.75 Å². The molecule has 0 saturated carbocycles. The van der Waals surface area contributed by atoms with Gasteiger partial charge in [-0.05, 0) is 62.4 Å². The topological polar surface area (TPSA) is 73.5 Å². The molecular formula is C24H33N3O4+2. The number of amides is 1. The van der Waals surface area contributed by atoms with E-state index in [1.165, 1.54) is 15.4 Å². The largest absolute Gasteiger partial charge is 0.497 e. The van der Waals surface area contributed by atoms with Crippen molar-refractivity contribution < 1.29 is 28.9 Å². The lowest BCUT2D eigenvalue weighted by atomic mass is 10.2. The van der Waals surface area contributed by atoms with Gasteiger partial charge in [-0.2, -0.15) is 0 Å². The second-order valence-corrected chi connectivity index (χ2v) is 8.28. The number of ether oxygens (including phenoxy) is 2. The summed E-state index contributed by atoms with van der Waals surface area (Å²) in [6.07, 6.45) is -0.159. The van der Waals surface area contributed by atoms with Crippen LogP contribution in [0.25, 0.3) is 0 Å². The number of benzene rings is 2. The van der Waals surface area contributed by atoms with Gasteiger partial charge in [0.25, 0.3) is 5.91 Å². The first kappa shape index (κ1) is 22.8. The molecule has 0 radical (unpaired) electrons. The Hall–Kier alpha value is -2.90. The van der Waals surface area contributed by atoms with Crippen LogP contribution in [0.2, 0.25) is 0 Å². The Kier molecular flexibility index (Phi) is 8.03. The van der Waals surface area contributed by atoms with E-state index in [1.54, 1.807) is 31.4 Å². The Morgan fingerprint density at radius 3 is 2.13 bits per heavy atom. The SMILES string of the molecule is COc1ccc(C[NH+]2CC[NH+](CC(=O)Nc3ccc(C(=O)OC(C)C)cc3)CC2)cc1. The van der Waals surface area contributed by atoms with Gasteiger partial charge in [0.2, 0.25) is 0 Å². The molecule has 1 aliphatic rings. The first-order chi connectivity index (χ1) is 14.9. The van der Waals surface area contributed by atoms with E-state index in [9.17, 15) is 9.59 Å². The van der Waals surface area contributed by atoms with Crippen LogP contribution < -0.4 is 19.9 Å². The predicted molar refractivity (Wildman–Crippen MR) is 119 cm³/mol. The van der Waals surface area contributed by atoms with Gasteiger partial charge in [0.05, 0.1) is 18.8 Å². The van der Waals surface area contributed by atoms with Crippen LogP contribution in [-0.2, 0) is 16.1 Å². The van der Waals surface area contributed by atoms with Gasteiger partial charge in [0.15, 0.2) is 6.54 Å². The van der Waals surface area contributed by atoms with Crippen LogP contribution in [0.4, 0.5) is 5.69 Å². The molecule has 0 atom stereocenters. The van der Waals surface area contributed by atoms with Crippen LogP contribution in [-0.4, -0.2) is 57.8 Å². The molecule has 7 nitrogen and oxygen atoms in total. The van der Waals surface area contributed by atoms with Crippen molar-refractivity contribution in [2.45, 2.75) is 26.5 Å². The summed E-state index contributed by atoms with van der Waals surface area (Å²) >= 11 is 0. The van der Waals surface area contributed by atoms with Gasteiger partial charge in [-0.15, -0.1) is 0 Å². The van der Waals surface area contributed by atoms with E-state index in [-0.39, 0.29) is 18.0 Å². The molecule has 0 aliphatic carbocycles. The summed E-state index contributed by atoms with van der Waals surface area (Å²) in [5.74, 6) is 0.516. The first-order valence-corrected chi connectivity index (χ1v) is 10.8. The first-order valence-electron chi connectivity index (χ1n) is 10.8. The molecule has 0 spiro atoms. The minimum Gasteiger partial charge on any atom is -0.497 e. The highest BCUT2D eigenvalue weighted by atomic mass is 16.5. The van der Waals surface area contributed by atoms with Crippen molar-refractivity contribution in [1.29, 1.82) is 0 Å². The van der Waals surface area contributed by atoms with Crippen molar-refractivity contribution in [3.05, 3.63) is 59.7 Å². The van der Waals surface area contributed by atoms with E-state index in [0.29, 0.717) is 17.8 Å². The third-order valence-electron chi connectivity index (χ3n) is 5.44. The van der Waals surface area contributed by atoms with Crippen molar-refractivity contribution in [2.75, 3.05) is 45.2 Å². The normalized spacial score (nSPS) is 18.5. The number of methoxy groups -OCH3 is 1. The van der Waals surface area contributed by atoms with Gasteiger partial charge in [0, 0.05) is 11.3 Å². The van der Waals surface area contributed by atoms with Crippen LogP contribution in [0, 0.1) is 0 Å². The maximum absolute atomic E-state index is 12.4. The second kappa shape index (κ2) is 10.9. The number of carbonyl (C=O) groups is 2. The van der Waals surface area contributed by atoms with E-state index in [0.717, 1.165) is 38.5 Å². The lowest BCUT2D eigenvalue weighted by molar-refractivity contribution is -1.02. The molecule has 1 saturated heterocycles. The van der Waals surface area contributed by atoms with E-state index >= 15 is 0 Å². The molecule has 2 aromatic rings. The molecule has 0 aromatic heterocycles. The highest BCUT2D eigenvalue weighted by molar-refractivity contribution is 5.93. The van der Waals surface area contributed by atoms with E-state index in [2.05, 4.69) is 17.4 Å². The molecule has 1 amide bonds. The zero-order valence-electron chi connectivity index (χ0n) is 18.6. The summed E-state index contributed by atoms with van der Waals surface area (Å²) in [5.41, 5.74) is 2.47. The highest BCUT2D eigenvalue weighted by Gasteiger charge is 2.25. The summed E-state index contributed by atoms with van der Waals surface area (Å²) in [6, 6.07) is 15.1. The maximum Gasteiger partial charge on any atom is 0.338 e. The van der Waals surface area contributed by atoms with Gasteiger partial charge >= 0.3 is 5.97 Å². The van der Waals surface area contributed by atoms with E-state index < -0.39 is 0 Å². The Balaban J connectivity index is 1.41. The Morgan fingerprint density at radius 1 is 0.935 bits per heavy atom. The summed E-state index contributed by atoms with van der Waals surface area (Å²) < 4.78 is 10.4. The average molecular weight is 428 g/mol. The minimum absolute atomic E-state index is 0.00823. The molecule has 0 unspecified atom stereocenters. The molecule has 3 rings (SSSR count). The molecule has 1 heterocycles. The van der Waals surface area contributed by atoms with Crippen molar-refractivity contribution >= 4 is 17.6 Å². The number of nitrogens with one attached hydrogen (secondary N) is 3. The summed E-state index contributed by atoms with van der Waals surface area (Å²) in [7, 11) is 1.68. The van der Waals surface area contributed by atoms with Crippen LogP contribution in [0.3, 0.4) is 0 Å². The number of carbonyl (C=O) groups excluding carboxylic acids is 2. The van der Waals surface area contributed by atoms with Gasteiger partial charge in [-0.1, -0.05) is 0 Å². The summed E-state index contributed by atoms with van der Waals surface area (Å²) in [5, 5.41) is 2.93. The highest BCUT2D eigenvalue weighted by Crippen LogP contribution is 2.11. The van der Waals surface area contributed by atoms with Gasteiger partial charge in [-0.3, -0.25) is 4.79 Å². The number of quaternary nitrogens is 2. The number of anilines is 1. The monoisotopic (exact) mass is 427 g/mol. The van der Waals surface area contributed by atoms with Gasteiger partial charge in [0.1, 0.15) is 38.5 Å². The Morgan fingerprint density at radius 2 is 1.55 bits per heavy atom. The Labute approximate surface area is 183 Å². The predicted octanol–water partition coefficient (Wildman–Crippen LogP) is 0.183. The average Bonchev–Trinajstić information content (AvgIpc) is 2.75. The number of piperazine rings is 1. The molecule has 3 N–H and O–H groups in total. The second-order valence-electron chi connectivity index (χ2n) is 8.28. The third kappa shape index (κ3) is 7.08. The third-order valence-corrected chi connectivity index (χ3v) is 5.44. The standard InChI is InChI=1S/C24H31N3O4/c1-18(2)31-24(29)20-6-8-21(9-7-20)25-23(28)17-27-14-12-26(13-15-27)16-19-4-10-22(30-3)11-5-19/h4-11,18H,12-17H2,1-3H3,(H,25,28)/p+2. The number of rotatable bonds is 8. The van der Waals surface area contributed by atoms with Crippen LogP contribution in [0.1, 0.15) is 29.8 Å². The van der Waals surface area contributed by atoms with Crippen molar-refractivity contribution in [2.24, 2.45) is 0 Å². The fourth-order valence-corrected chi connectivity index (χ4v) is 3.75. The molecule has 166 valence electrons. The maximum atomic E-state index is 12.4. The summed E-state index contributed by atoms with van der Waals surface area (Å²) in [6.45, 7) is 9.10. The van der Waals surface area contributed by atoms with Gasteiger partial charge < -0.3 is 24.6 Å². The van der Waals surface area contributed by atoms with Crippen LogP contribution in [0.5, 0.6) is 5.75 Å². The molecule has 2 aromatic carbocycles. The van der Waals surface area contributed by atoms with Gasteiger partial charge in [-0.25, -0.2) is 4.79 Å². The van der Waals surface area contributed by atoms with Crippen LogP contribution in [0.15, 0.2) is 48.5 Å². The Bertz CT molecular complexity index is 857. The lowest BCUT2D eigenvalue weighted by Crippen LogP contribution is -3.28. The van der Waals surface area contributed by atoms with E-state index in [4.69, 9.17) is 9.47 Å². The van der Waals surface area contributed by atoms with Crippen molar-refractivity contribution in [1.82, 2.24) is 0 Å². The fraction of sp³-hybridized carbons (Fsp3) is 0.417. The lowest BCUT2D eigenvalue weighted by Gasteiger charge is -2.29. The zero-order chi connectivity index (χ0) is 22.2. The number of hydrogen-bond acceptors (Lipinski definition) is 4. The molecule has 1 aliphatic heterocycles. The van der Waals surface area contributed by atoms with E-state index in [1.807, 2.05) is 26.0 Å². The molecular weight excluding hydrogens is 394 g/mol. The minimum atomic E-state index is -0.354. The number of esters is 1. The van der Waals surface area contributed by atoms with Crippen LogP contribution >= 0.6 is 0 Å². The molecule has 0 bridgehead atoms. The molecule has 7 heteroatoms. The molecule has 31 heavy (non-hydrogen) atoms.